The second kappa shape index (κ2) is 4.99. The Morgan fingerprint density at radius 3 is 2.80 bits per heavy atom. The molecule has 1 aliphatic heterocycles. The molecular weight excluding hydrogens is 276 g/mol. The molecule has 3 heterocycles. The third-order valence-electron chi connectivity index (χ3n) is 3.32. The van der Waals surface area contributed by atoms with Crippen molar-refractivity contribution in [3.8, 4) is 0 Å². The molecule has 2 aromatic rings. The van der Waals surface area contributed by atoms with Gasteiger partial charge in [-0.05, 0) is 19.9 Å². The van der Waals surface area contributed by atoms with Crippen LogP contribution in [-0.2, 0) is 4.74 Å². The Balaban J connectivity index is 1.94. The number of carbonyl (C=O) groups excluding carboxylic acids is 1. The molecule has 6 nitrogen and oxygen atoms in total. The van der Waals surface area contributed by atoms with Gasteiger partial charge in [-0.15, -0.1) is 16.4 Å². The maximum Gasteiger partial charge on any atom is 0.266 e. The Kier molecular flexibility index (Phi) is 3.31. The number of carbonyl (C=O) groups is 1. The smallest absolute Gasteiger partial charge is 0.266 e. The van der Waals surface area contributed by atoms with Gasteiger partial charge in [-0.25, -0.2) is 0 Å². The van der Waals surface area contributed by atoms with Gasteiger partial charge in [0.2, 0.25) is 0 Å². The van der Waals surface area contributed by atoms with Crippen molar-refractivity contribution in [2.24, 2.45) is 0 Å². The van der Waals surface area contributed by atoms with E-state index in [2.05, 4.69) is 10.2 Å². The molecule has 7 heteroatoms. The SMILES string of the molecule is CC1CN(C(=O)c2sc3nnccc3c2N)CC(C)O1. The Labute approximate surface area is 120 Å². The minimum absolute atomic E-state index is 0.0399. The number of fused-ring (bicyclic) bond motifs is 1. The molecule has 0 radical (unpaired) electrons. The third kappa shape index (κ3) is 2.23. The predicted molar refractivity (Wildman–Crippen MR) is 77.7 cm³/mol. The lowest BCUT2D eigenvalue weighted by atomic mass is 10.2. The van der Waals surface area contributed by atoms with Crippen LogP contribution < -0.4 is 5.73 Å². The lowest BCUT2D eigenvalue weighted by Crippen LogP contribution is -2.48. The number of ether oxygens (including phenoxy) is 1. The van der Waals surface area contributed by atoms with E-state index < -0.39 is 0 Å². The predicted octanol–water partition coefficient (Wildman–Crippen LogP) is 1.52. The van der Waals surface area contributed by atoms with Crippen molar-refractivity contribution in [3.05, 3.63) is 17.1 Å². The summed E-state index contributed by atoms with van der Waals surface area (Å²) in [6.45, 7) is 5.11. The number of nitrogens with zero attached hydrogens (tertiary/aromatic N) is 3. The summed E-state index contributed by atoms with van der Waals surface area (Å²) in [7, 11) is 0. The number of anilines is 1. The van der Waals surface area contributed by atoms with Gasteiger partial charge in [-0.1, -0.05) is 0 Å². The summed E-state index contributed by atoms with van der Waals surface area (Å²) < 4.78 is 5.65. The number of hydrogen-bond donors (Lipinski definition) is 1. The van der Waals surface area contributed by atoms with Crippen LogP contribution in [0.25, 0.3) is 10.2 Å². The van der Waals surface area contributed by atoms with E-state index in [0.29, 0.717) is 28.5 Å². The summed E-state index contributed by atoms with van der Waals surface area (Å²) in [5, 5.41) is 8.63. The molecule has 0 saturated carbocycles. The number of nitrogens with two attached hydrogens (primary N) is 1. The Bertz CT molecular complexity index is 647. The first-order valence-corrected chi connectivity index (χ1v) is 7.32. The first-order valence-electron chi connectivity index (χ1n) is 6.50. The molecule has 20 heavy (non-hydrogen) atoms. The maximum absolute atomic E-state index is 12.6. The van der Waals surface area contributed by atoms with Crippen LogP contribution in [0.2, 0.25) is 0 Å². The van der Waals surface area contributed by atoms with Crippen LogP contribution in [0.5, 0.6) is 0 Å². The molecule has 0 bridgehead atoms. The van der Waals surface area contributed by atoms with E-state index in [1.165, 1.54) is 11.3 Å². The van der Waals surface area contributed by atoms with E-state index in [4.69, 9.17) is 10.5 Å². The van der Waals surface area contributed by atoms with Crippen LogP contribution in [0.15, 0.2) is 12.3 Å². The average Bonchev–Trinajstić information content (AvgIpc) is 2.75. The van der Waals surface area contributed by atoms with Gasteiger partial charge in [0.05, 0.1) is 24.1 Å². The van der Waals surface area contributed by atoms with Crippen LogP contribution in [-0.4, -0.2) is 46.3 Å². The summed E-state index contributed by atoms with van der Waals surface area (Å²) in [5.41, 5.74) is 6.58. The summed E-state index contributed by atoms with van der Waals surface area (Å²) >= 11 is 1.30. The first kappa shape index (κ1) is 13.3. The highest BCUT2D eigenvalue weighted by Crippen LogP contribution is 2.33. The normalized spacial score (nSPS) is 23.2. The topological polar surface area (TPSA) is 81.3 Å². The molecule has 0 aliphatic carbocycles. The fourth-order valence-corrected chi connectivity index (χ4v) is 3.52. The molecule has 2 unspecified atom stereocenters. The summed E-state index contributed by atoms with van der Waals surface area (Å²) in [5.74, 6) is -0.0486. The van der Waals surface area contributed by atoms with Gasteiger partial charge in [-0.3, -0.25) is 4.79 Å². The molecule has 1 amide bonds. The first-order chi connectivity index (χ1) is 9.56. The number of rotatable bonds is 1. The van der Waals surface area contributed by atoms with Gasteiger partial charge < -0.3 is 15.4 Å². The number of nitrogen functional groups attached to an aromatic ring is 1. The van der Waals surface area contributed by atoms with E-state index in [0.717, 1.165) is 5.39 Å². The molecule has 0 spiro atoms. The van der Waals surface area contributed by atoms with Crippen LogP contribution in [0.4, 0.5) is 5.69 Å². The zero-order valence-electron chi connectivity index (χ0n) is 11.4. The van der Waals surface area contributed by atoms with E-state index in [1.807, 2.05) is 13.8 Å². The van der Waals surface area contributed by atoms with Crippen LogP contribution in [0.3, 0.4) is 0 Å². The molecule has 2 atom stereocenters. The fourth-order valence-electron chi connectivity index (χ4n) is 2.52. The van der Waals surface area contributed by atoms with Crippen molar-refractivity contribution in [1.29, 1.82) is 0 Å². The standard InChI is InChI=1S/C13H16N4O2S/c1-7-5-17(6-8(2)19-7)13(18)11-10(14)9-3-4-15-16-12(9)20-11/h3-4,7-8H,5-6,14H2,1-2H3. The monoisotopic (exact) mass is 292 g/mol. The number of morpholine rings is 1. The van der Waals surface area contributed by atoms with Crippen LogP contribution >= 0.6 is 11.3 Å². The molecule has 0 aromatic carbocycles. The lowest BCUT2D eigenvalue weighted by Gasteiger charge is -2.35. The highest BCUT2D eigenvalue weighted by atomic mass is 32.1. The second-order valence-electron chi connectivity index (χ2n) is 5.06. The maximum atomic E-state index is 12.6. The van der Waals surface area contributed by atoms with Crippen molar-refractivity contribution in [2.45, 2.75) is 26.1 Å². The van der Waals surface area contributed by atoms with E-state index in [9.17, 15) is 4.79 Å². The molecule has 3 rings (SSSR count). The van der Waals surface area contributed by atoms with Crippen molar-refractivity contribution >= 4 is 33.1 Å². The number of aromatic nitrogens is 2. The summed E-state index contributed by atoms with van der Waals surface area (Å²) in [6.07, 6.45) is 1.66. The molecule has 2 N–H and O–H groups in total. The van der Waals surface area contributed by atoms with Gasteiger partial charge in [0.1, 0.15) is 9.71 Å². The van der Waals surface area contributed by atoms with E-state index in [-0.39, 0.29) is 18.1 Å². The largest absolute Gasteiger partial charge is 0.397 e. The molecule has 2 aromatic heterocycles. The number of hydrogen-bond acceptors (Lipinski definition) is 6. The summed E-state index contributed by atoms with van der Waals surface area (Å²) in [4.78, 5) is 15.7. The quantitative estimate of drug-likeness (QED) is 0.862. The number of amides is 1. The third-order valence-corrected chi connectivity index (χ3v) is 4.42. The Hall–Kier alpha value is -1.73. The molecule has 106 valence electrons. The van der Waals surface area contributed by atoms with Gasteiger partial charge >= 0.3 is 0 Å². The van der Waals surface area contributed by atoms with Crippen molar-refractivity contribution < 1.29 is 9.53 Å². The lowest BCUT2D eigenvalue weighted by molar-refractivity contribution is -0.0584. The van der Waals surface area contributed by atoms with Crippen LogP contribution in [0.1, 0.15) is 23.5 Å². The molecular formula is C13H16N4O2S. The second-order valence-corrected chi connectivity index (χ2v) is 6.06. The van der Waals surface area contributed by atoms with Crippen molar-refractivity contribution in [3.63, 3.8) is 0 Å². The minimum atomic E-state index is -0.0486. The number of thiophene rings is 1. The van der Waals surface area contributed by atoms with Crippen LogP contribution in [0, 0.1) is 0 Å². The van der Waals surface area contributed by atoms with Crippen molar-refractivity contribution in [1.82, 2.24) is 15.1 Å². The van der Waals surface area contributed by atoms with E-state index in [1.54, 1.807) is 17.2 Å². The molecule has 1 fully saturated rings. The van der Waals surface area contributed by atoms with E-state index >= 15 is 0 Å². The van der Waals surface area contributed by atoms with Gasteiger partial charge in [0.25, 0.3) is 5.91 Å². The highest BCUT2D eigenvalue weighted by molar-refractivity contribution is 7.21. The van der Waals surface area contributed by atoms with Gasteiger partial charge in [0, 0.05) is 18.5 Å². The zero-order chi connectivity index (χ0) is 14.3. The molecule has 1 aliphatic rings. The minimum Gasteiger partial charge on any atom is -0.397 e. The Morgan fingerprint density at radius 1 is 1.45 bits per heavy atom. The Morgan fingerprint density at radius 2 is 2.15 bits per heavy atom. The fraction of sp³-hybridized carbons (Fsp3) is 0.462. The van der Waals surface area contributed by atoms with Gasteiger partial charge in [0.15, 0.2) is 0 Å². The average molecular weight is 292 g/mol. The zero-order valence-corrected chi connectivity index (χ0v) is 12.2. The van der Waals surface area contributed by atoms with Crippen molar-refractivity contribution in [2.75, 3.05) is 18.8 Å². The molecule has 1 saturated heterocycles. The highest BCUT2D eigenvalue weighted by Gasteiger charge is 2.29. The summed E-state index contributed by atoms with van der Waals surface area (Å²) in [6, 6.07) is 1.79. The van der Waals surface area contributed by atoms with Gasteiger partial charge in [-0.2, -0.15) is 5.10 Å².